The molecule has 0 amide bonds. The molecule has 0 unspecified atom stereocenters. The molecular formula is C16H19ClN4. The second-order valence-corrected chi connectivity index (χ2v) is 5.85. The first-order valence-electron chi connectivity index (χ1n) is 7.37. The minimum Gasteiger partial charge on any atom is -0.351 e. The van der Waals surface area contributed by atoms with Crippen LogP contribution >= 0.6 is 11.6 Å². The Balaban J connectivity index is 1.85. The summed E-state index contributed by atoms with van der Waals surface area (Å²) in [5.74, 6) is 2.27. The third kappa shape index (κ3) is 3.50. The number of anilines is 1. The van der Waals surface area contributed by atoms with Gasteiger partial charge in [0.25, 0.3) is 0 Å². The molecule has 2 heterocycles. The third-order valence-corrected chi connectivity index (χ3v) is 3.84. The van der Waals surface area contributed by atoms with Gasteiger partial charge in [0, 0.05) is 24.2 Å². The molecule has 2 aromatic heterocycles. The summed E-state index contributed by atoms with van der Waals surface area (Å²) in [6.45, 7) is 5.71. The van der Waals surface area contributed by atoms with Crippen molar-refractivity contribution in [2.75, 3.05) is 11.4 Å². The number of hydrogen-bond donors (Lipinski definition) is 0. The minimum absolute atomic E-state index is 0.498. The summed E-state index contributed by atoms with van der Waals surface area (Å²) >= 11 is 6.16. The van der Waals surface area contributed by atoms with Gasteiger partial charge in [0.1, 0.15) is 16.8 Å². The number of nitrogens with zero attached hydrogens (tertiary/aromatic N) is 4. The highest BCUT2D eigenvalue weighted by molar-refractivity contribution is 6.29. The minimum atomic E-state index is 0.498. The fourth-order valence-electron chi connectivity index (χ4n) is 2.35. The van der Waals surface area contributed by atoms with Crippen molar-refractivity contribution in [2.45, 2.75) is 39.2 Å². The summed E-state index contributed by atoms with van der Waals surface area (Å²) in [5.41, 5.74) is 2.07. The maximum atomic E-state index is 6.16. The quantitative estimate of drug-likeness (QED) is 0.789. The van der Waals surface area contributed by atoms with Crippen LogP contribution in [0, 0.1) is 6.92 Å². The molecule has 3 rings (SSSR count). The van der Waals surface area contributed by atoms with E-state index in [1.165, 1.54) is 12.8 Å². The van der Waals surface area contributed by atoms with Crippen LogP contribution in [0.2, 0.25) is 5.15 Å². The van der Waals surface area contributed by atoms with Crippen molar-refractivity contribution in [1.29, 1.82) is 0 Å². The largest absolute Gasteiger partial charge is 0.351 e. The normalized spacial score (nSPS) is 14.2. The molecule has 0 saturated heterocycles. The van der Waals surface area contributed by atoms with Crippen molar-refractivity contribution in [3.63, 3.8) is 0 Å². The van der Waals surface area contributed by atoms with E-state index < -0.39 is 0 Å². The Hall–Kier alpha value is -1.68. The van der Waals surface area contributed by atoms with Gasteiger partial charge in [-0.1, -0.05) is 17.7 Å². The summed E-state index contributed by atoms with van der Waals surface area (Å²) in [5, 5.41) is 0.526. The Bertz CT molecular complexity index is 640. The Kier molecular flexibility index (Phi) is 4.06. The van der Waals surface area contributed by atoms with Gasteiger partial charge in [-0.3, -0.25) is 4.98 Å². The number of aryl methyl sites for hydroxylation is 1. The molecule has 0 aliphatic heterocycles. The van der Waals surface area contributed by atoms with Crippen molar-refractivity contribution < 1.29 is 0 Å². The predicted octanol–water partition coefficient (Wildman–Crippen LogP) is 3.74. The van der Waals surface area contributed by atoms with Crippen LogP contribution in [0.25, 0.3) is 0 Å². The van der Waals surface area contributed by atoms with Gasteiger partial charge < -0.3 is 4.90 Å². The van der Waals surface area contributed by atoms with E-state index in [9.17, 15) is 0 Å². The summed E-state index contributed by atoms with van der Waals surface area (Å²) in [4.78, 5) is 15.8. The van der Waals surface area contributed by atoms with Crippen molar-refractivity contribution in [1.82, 2.24) is 15.0 Å². The highest BCUT2D eigenvalue weighted by atomic mass is 35.5. The van der Waals surface area contributed by atoms with Crippen LogP contribution in [0.4, 0.5) is 5.82 Å². The fourth-order valence-corrected chi connectivity index (χ4v) is 2.53. The van der Waals surface area contributed by atoms with Crippen molar-refractivity contribution in [3.05, 3.63) is 46.6 Å². The molecule has 1 saturated carbocycles. The molecule has 110 valence electrons. The van der Waals surface area contributed by atoms with Crippen LogP contribution in [0.15, 0.2) is 24.3 Å². The van der Waals surface area contributed by atoms with Gasteiger partial charge in [0.15, 0.2) is 0 Å². The van der Waals surface area contributed by atoms with Gasteiger partial charge in [0.2, 0.25) is 0 Å². The van der Waals surface area contributed by atoms with E-state index in [1.807, 2.05) is 31.2 Å². The third-order valence-electron chi connectivity index (χ3n) is 3.65. The van der Waals surface area contributed by atoms with Crippen LogP contribution in [0.5, 0.6) is 0 Å². The zero-order valence-electron chi connectivity index (χ0n) is 12.4. The van der Waals surface area contributed by atoms with Crippen molar-refractivity contribution in [2.24, 2.45) is 0 Å². The molecule has 1 fully saturated rings. The molecule has 1 aliphatic rings. The topological polar surface area (TPSA) is 41.9 Å². The highest BCUT2D eigenvalue weighted by Gasteiger charge is 2.27. The Labute approximate surface area is 130 Å². The van der Waals surface area contributed by atoms with Crippen molar-refractivity contribution >= 4 is 17.4 Å². The summed E-state index contributed by atoms with van der Waals surface area (Å²) in [7, 11) is 0. The van der Waals surface area contributed by atoms with Gasteiger partial charge in [-0.05, 0) is 38.8 Å². The van der Waals surface area contributed by atoms with Gasteiger partial charge in [-0.25, -0.2) is 9.97 Å². The predicted molar refractivity (Wildman–Crippen MR) is 84.7 cm³/mol. The van der Waals surface area contributed by atoms with Crippen LogP contribution in [-0.2, 0) is 6.54 Å². The molecule has 0 N–H and O–H groups in total. The lowest BCUT2D eigenvalue weighted by Crippen LogP contribution is -2.24. The average Bonchev–Trinajstić information content (AvgIpc) is 3.28. The maximum absolute atomic E-state index is 6.16. The van der Waals surface area contributed by atoms with Gasteiger partial charge in [0.05, 0.1) is 12.2 Å². The number of hydrogen-bond acceptors (Lipinski definition) is 4. The Morgan fingerprint density at radius 2 is 2.05 bits per heavy atom. The lowest BCUT2D eigenvalue weighted by Gasteiger charge is -2.22. The molecule has 0 bridgehead atoms. The lowest BCUT2D eigenvalue weighted by atomic mass is 10.3. The van der Waals surface area contributed by atoms with Gasteiger partial charge in [-0.2, -0.15) is 0 Å². The second-order valence-electron chi connectivity index (χ2n) is 5.47. The number of rotatable bonds is 5. The molecule has 0 aromatic carbocycles. The first-order chi connectivity index (χ1) is 10.2. The number of halogens is 1. The molecule has 5 heteroatoms. The molecule has 0 atom stereocenters. The fraction of sp³-hybridized carbons (Fsp3) is 0.438. The van der Waals surface area contributed by atoms with E-state index in [4.69, 9.17) is 11.6 Å². The summed E-state index contributed by atoms with van der Waals surface area (Å²) in [6, 6.07) is 7.92. The zero-order valence-corrected chi connectivity index (χ0v) is 13.1. The first kappa shape index (κ1) is 14.3. The highest BCUT2D eigenvalue weighted by Crippen LogP contribution is 2.39. The molecular weight excluding hydrogens is 284 g/mol. The van der Waals surface area contributed by atoms with Crippen LogP contribution < -0.4 is 4.90 Å². The number of pyridine rings is 1. The zero-order chi connectivity index (χ0) is 14.8. The Morgan fingerprint density at radius 3 is 2.71 bits per heavy atom. The van der Waals surface area contributed by atoms with E-state index >= 15 is 0 Å². The molecule has 2 aromatic rings. The van der Waals surface area contributed by atoms with Gasteiger partial charge in [-0.15, -0.1) is 0 Å². The first-order valence-corrected chi connectivity index (χ1v) is 7.75. The summed E-state index contributed by atoms with van der Waals surface area (Å²) in [6.07, 6.45) is 2.34. The molecule has 0 spiro atoms. The average molecular weight is 303 g/mol. The number of aromatic nitrogens is 3. The van der Waals surface area contributed by atoms with E-state index in [0.29, 0.717) is 11.1 Å². The molecule has 0 radical (unpaired) electrons. The monoisotopic (exact) mass is 302 g/mol. The maximum Gasteiger partial charge on any atom is 0.135 e. The van der Waals surface area contributed by atoms with Crippen LogP contribution in [0.1, 0.15) is 42.9 Å². The SMILES string of the molecule is CCN(Cc1cccc(C)n1)c1cc(Cl)nc(C2CC2)n1. The van der Waals surface area contributed by atoms with E-state index in [2.05, 4.69) is 26.8 Å². The second kappa shape index (κ2) is 5.98. The van der Waals surface area contributed by atoms with Gasteiger partial charge >= 0.3 is 0 Å². The van der Waals surface area contributed by atoms with E-state index in [1.54, 1.807) is 0 Å². The van der Waals surface area contributed by atoms with Crippen LogP contribution in [0.3, 0.4) is 0 Å². The summed E-state index contributed by atoms with van der Waals surface area (Å²) < 4.78 is 0. The molecule has 4 nitrogen and oxygen atoms in total. The molecule has 1 aliphatic carbocycles. The lowest BCUT2D eigenvalue weighted by molar-refractivity contribution is 0.776. The smallest absolute Gasteiger partial charge is 0.135 e. The molecule has 21 heavy (non-hydrogen) atoms. The Morgan fingerprint density at radius 1 is 1.24 bits per heavy atom. The van der Waals surface area contributed by atoms with Crippen molar-refractivity contribution in [3.8, 4) is 0 Å². The van der Waals surface area contributed by atoms with E-state index in [0.717, 1.165) is 36.1 Å². The van der Waals surface area contributed by atoms with Crippen LogP contribution in [-0.4, -0.2) is 21.5 Å². The standard InChI is InChI=1S/C16H19ClN4/c1-3-21(10-13-6-4-5-11(2)18-13)15-9-14(17)19-16(20-15)12-7-8-12/h4-6,9,12H,3,7-8,10H2,1-2H3. The van der Waals surface area contributed by atoms with E-state index in [-0.39, 0.29) is 0 Å².